The van der Waals surface area contributed by atoms with Crippen LogP contribution in [0.1, 0.15) is 11.1 Å². The summed E-state index contributed by atoms with van der Waals surface area (Å²) in [5.41, 5.74) is 1.60. The van der Waals surface area contributed by atoms with Gasteiger partial charge in [-0.2, -0.15) is 0 Å². The molecule has 0 bridgehead atoms. The molecule has 0 radical (unpaired) electrons. The van der Waals surface area contributed by atoms with Crippen LogP contribution in [0.4, 0.5) is 4.79 Å². The summed E-state index contributed by atoms with van der Waals surface area (Å²) in [5, 5.41) is 11.9. The van der Waals surface area contributed by atoms with E-state index in [-0.39, 0.29) is 18.9 Å². The van der Waals surface area contributed by atoms with E-state index in [4.69, 9.17) is 4.74 Å². The maximum Gasteiger partial charge on any atom is 0.410 e. The lowest BCUT2D eigenvalue weighted by atomic mass is 10.1. The highest BCUT2D eigenvalue weighted by atomic mass is 16.6. The van der Waals surface area contributed by atoms with Crippen molar-refractivity contribution in [1.29, 1.82) is 0 Å². The topological polar surface area (TPSA) is 109 Å². The first-order valence-electron chi connectivity index (χ1n) is 8.30. The van der Waals surface area contributed by atoms with E-state index in [0.717, 1.165) is 16.0 Å². The number of carbonyl (C=O) groups is 3. The summed E-state index contributed by atoms with van der Waals surface area (Å²) in [6, 6.07) is 12.4. The van der Waals surface area contributed by atoms with E-state index in [1.807, 2.05) is 6.07 Å². The molecule has 8 heteroatoms. The maximum atomic E-state index is 12.1. The van der Waals surface area contributed by atoms with Crippen molar-refractivity contribution in [2.75, 3.05) is 13.6 Å². The molecule has 0 spiro atoms. The molecule has 27 heavy (non-hydrogen) atoms. The van der Waals surface area contributed by atoms with Gasteiger partial charge in [-0.25, -0.2) is 9.59 Å². The minimum atomic E-state index is -1.33. The highest BCUT2D eigenvalue weighted by molar-refractivity contribution is 5.83. The van der Waals surface area contributed by atoms with Gasteiger partial charge in [-0.3, -0.25) is 9.78 Å². The molecular weight excluding hydrogens is 350 g/mol. The van der Waals surface area contributed by atoms with Crippen LogP contribution in [-0.2, 0) is 27.3 Å². The summed E-state index contributed by atoms with van der Waals surface area (Å²) in [4.78, 5) is 40.3. The van der Waals surface area contributed by atoms with Gasteiger partial charge in [-0.15, -0.1) is 0 Å². The lowest BCUT2D eigenvalue weighted by Gasteiger charge is -2.20. The normalized spacial score (nSPS) is 11.3. The number of carboxylic acid groups (broad SMARTS) is 1. The first kappa shape index (κ1) is 19.9. The van der Waals surface area contributed by atoms with E-state index >= 15 is 0 Å². The van der Waals surface area contributed by atoms with Gasteiger partial charge in [-0.1, -0.05) is 30.3 Å². The molecule has 142 valence electrons. The van der Waals surface area contributed by atoms with Crippen LogP contribution in [0.25, 0.3) is 0 Å². The second-order valence-electron chi connectivity index (χ2n) is 5.89. The number of hydrogen-bond donors (Lipinski definition) is 2. The second-order valence-corrected chi connectivity index (χ2v) is 5.89. The summed E-state index contributed by atoms with van der Waals surface area (Å²) < 4.78 is 5.04. The Morgan fingerprint density at radius 2 is 1.78 bits per heavy atom. The first-order chi connectivity index (χ1) is 13.0. The summed E-state index contributed by atoms with van der Waals surface area (Å²) in [6.45, 7) is 0.0532. The zero-order valence-corrected chi connectivity index (χ0v) is 14.9. The summed E-state index contributed by atoms with van der Waals surface area (Å²) in [6.07, 6.45) is 1.07. The molecule has 2 amide bonds. The molecule has 1 aromatic heterocycles. The standard InChI is InChI=1S/C19H21N3O5/c1-22(13-17(23)21-12-15-7-9-20-10-8-15)19(26)27-16(18(24)25)11-14-5-3-2-4-6-14/h2-10,16H,11-13H2,1H3,(H,21,23)(H,24,25)/t16-/m0/s1. The average Bonchev–Trinajstić information content (AvgIpc) is 2.67. The third-order valence-corrected chi connectivity index (χ3v) is 3.71. The molecule has 1 aromatic carbocycles. The summed E-state index contributed by atoms with van der Waals surface area (Å²) in [7, 11) is 1.37. The van der Waals surface area contributed by atoms with Crippen LogP contribution in [0.3, 0.4) is 0 Å². The van der Waals surface area contributed by atoms with E-state index in [1.165, 1.54) is 7.05 Å². The second kappa shape index (κ2) is 9.91. The Kier molecular flexibility index (Phi) is 7.30. The van der Waals surface area contributed by atoms with Crippen LogP contribution in [0, 0.1) is 0 Å². The van der Waals surface area contributed by atoms with Crippen molar-refractivity contribution < 1.29 is 24.2 Å². The van der Waals surface area contributed by atoms with E-state index in [9.17, 15) is 19.5 Å². The quantitative estimate of drug-likeness (QED) is 0.727. The van der Waals surface area contributed by atoms with Gasteiger partial charge >= 0.3 is 12.1 Å². The van der Waals surface area contributed by atoms with Crippen LogP contribution in [0.15, 0.2) is 54.9 Å². The van der Waals surface area contributed by atoms with Gasteiger partial charge in [0.05, 0.1) is 0 Å². The van der Waals surface area contributed by atoms with Gasteiger partial charge in [-0.05, 0) is 23.3 Å². The number of carboxylic acids is 1. The number of nitrogens with zero attached hydrogens (tertiary/aromatic N) is 2. The van der Waals surface area contributed by atoms with E-state index in [2.05, 4.69) is 10.3 Å². The van der Waals surface area contributed by atoms with Crippen LogP contribution in [0.5, 0.6) is 0 Å². The third-order valence-electron chi connectivity index (χ3n) is 3.71. The molecule has 0 fully saturated rings. The number of nitrogens with one attached hydrogen (secondary N) is 1. The Bertz CT molecular complexity index is 767. The van der Waals surface area contributed by atoms with Gasteiger partial charge in [0.25, 0.3) is 0 Å². The number of ether oxygens (including phenoxy) is 1. The average molecular weight is 371 g/mol. The molecule has 2 aromatic rings. The maximum absolute atomic E-state index is 12.1. The van der Waals surface area contributed by atoms with Gasteiger partial charge in [0.2, 0.25) is 12.0 Å². The van der Waals surface area contributed by atoms with E-state index in [0.29, 0.717) is 6.54 Å². The highest BCUT2D eigenvalue weighted by Crippen LogP contribution is 2.08. The molecule has 1 atom stereocenters. The molecule has 2 rings (SSSR count). The smallest absolute Gasteiger partial charge is 0.410 e. The number of aliphatic carboxylic acids is 1. The molecule has 8 nitrogen and oxygen atoms in total. The van der Waals surface area contributed by atoms with Crippen molar-refractivity contribution in [3.05, 3.63) is 66.0 Å². The number of carbonyl (C=O) groups excluding carboxylic acids is 2. The van der Waals surface area contributed by atoms with Crippen molar-refractivity contribution in [1.82, 2.24) is 15.2 Å². The van der Waals surface area contributed by atoms with Crippen molar-refractivity contribution in [2.45, 2.75) is 19.1 Å². The fraction of sp³-hybridized carbons (Fsp3) is 0.263. The first-order valence-corrected chi connectivity index (χ1v) is 8.30. The van der Waals surface area contributed by atoms with Crippen LogP contribution < -0.4 is 5.32 Å². The fourth-order valence-electron chi connectivity index (χ4n) is 2.26. The van der Waals surface area contributed by atoms with E-state index < -0.39 is 18.2 Å². The molecule has 0 saturated carbocycles. The lowest BCUT2D eigenvalue weighted by molar-refractivity contribution is -0.147. The number of aromatic nitrogens is 1. The van der Waals surface area contributed by atoms with Crippen LogP contribution in [-0.4, -0.2) is 52.7 Å². The van der Waals surface area contributed by atoms with Crippen molar-refractivity contribution in [3.8, 4) is 0 Å². The van der Waals surface area contributed by atoms with Crippen LogP contribution in [0.2, 0.25) is 0 Å². The minimum Gasteiger partial charge on any atom is -0.478 e. The predicted molar refractivity (Wildman–Crippen MR) is 96.8 cm³/mol. The zero-order valence-electron chi connectivity index (χ0n) is 14.9. The van der Waals surface area contributed by atoms with Gasteiger partial charge < -0.3 is 20.1 Å². The molecule has 2 N–H and O–H groups in total. The lowest BCUT2D eigenvalue weighted by Crippen LogP contribution is -2.41. The number of pyridine rings is 1. The monoisotopic (exact) mass is 371 g/mol. The Morgan fingerprint density at radius 1 is 1.11 bits per heavy atom. The van der Waals surface area contributed by atoms with Crippen LogP contribution >= 0.6 is 0 Å². The van der Waals surface area contributed by atoms with Crippen molar-refractivity contribution >= 4 is 18.0 Å². The molecule has 1 heterocycles. The Hall–Kier alpha value is -3.42. The van der Waals surface area contributed by atoms with Crippen molar-refractivity contribution in [2.24, 2.45) is 0 Å². The third kappa shape index (κ3) is 6.77. The molecule has 0 aliphatic rings. The SMILES string of the molecule is CN(CC(=O)NCc1ccncc1)C(=O)O[C@@H](Cc1ccccc1)C(=O)O. The molecular formula is C19H21N3O5. The Labute approximate surface area is 156 Å². The molecule has 0 unspecified atom stereocenters. The zero-order chi connectivity index (χ0) is 19.6. The number of rotatable bonds is 8. The Morgan fingerprint density at radius 3 is 2.41 bits per heavy atom. The number of amides is 2. The van der Waals surface area contributed by atoms with Gasteiger partial charge in [0, 0.05) is 32.4 Å². The highest BCUT2D eigenvalue weighted by Gasteiger charge is 2.25. The predicted octanol–water partition coefficient (Wildman–Crippen LogP) is 1.46. The molecule has 0 aliphatic heterocycles. The molecule has 0 saturated heterocycles. The molecule has 0 aliphatic carbocycles. The summed E-state index contributed by atoms with van der Waals surface area (Å²) in [5.74, 6) is -1.64. The van der Waals surface area contributed by atoms with E-state index in [1.54, 1.807) is 48.8 Å². The number of likely N-dealkylation sites (N-methyl/N-ethyl adjacent to an activating group) is 1. The van der Waals surface area contributed by atoms with Gasteiger partial charge in [0.15, 0.2) is 0 Å². The number of hydrogen-bond acceptors (Lipinski definition) is 5. The fourth-order valence-corrected chi connectivity index (χ4v) is 2.26. The summed E-state index contributed by atoms with van der Waals surface area (Å²) >= 11 is 0. The van der Waals surface area contributed by atoms with Gasteiger partial charge in [0.1, 0.15) is 6.54 Å². The minimum absolute atomic E-state index is 0.0456. The largest absolute Gasteiger partial charge is 0.478 e. The number of benzene rings is 1. The van der Waals surface area contributed by atoms with Crippen molar-refractivity contribution in [3.63, 3.8) is 0 Å². The Balaban J connectivity index is 1.83.